The summed E-state index contributed by atoms with van der Waals surface area (Å²) in [6.07, 6.45) is 1.43. The minimum Gasteiger partial charge on any atom is -0.493 e. The minimum absolute atomic E-state index is 0.252. The van der Waals surface area contributed by atoms with Gasteiger partial charge in [-0.1, -0.05) is 19.4 Å². The number of fused-ring (bicyclic) bond motifs is 1. The number of nitrogens with two attached hydrogens (primary N) is 1. The number of nitriles is 1. The predicted octanol–water partition coefficient (Wildman–Crippen LogP) is 4.58. The molecule has 0 aliphatic carbocycles. The molecule has 0 unspecified atom stereocenters. The van der Waals surface area contributed by atoms with Gasteiger partial charge in [-0.2, -0.15) is 5.26 Å². The maximum Gasteiger partial charge on any atom is 0.338 e. The Morgan fingerprint density at radius 2 is 2.13 bits per heavy atom. The van der Waals surface area contributed by atoms with Crippen molar-refractivity contribution in [2.75, 3.05) is 13.2 Å². The summed E-state index contributed by atoms with van der Waals surface area (Å²) in [5, 5.41) is 10.1. The number of hydrogen-bond acceptors (Lipinski definition) is 8. The lowest BCUT2D eigenvalue weighted by atomic mass is 9.93. The molecule has 0 amide bonds. The monoisotopic (exact) mass is 490 g/mol. The van der Waals surface area contributed by atoms with Gasteiger partial charge in [-0.25, -0.2) is 9.79 Å². The molecule has 0 spiro atoms. The van der Waals surface area contributed by atoms with Crippen LogP contribution >= 0.6 is 27.7 Å². The summed E-state index contributed by atoms with van der Waals surface area (Å²) in [7, 11) is 0. The molecule has 2 aliphatic rings. The summed E-state index contributed by atoms with van der Waals surface area (Å²) in [5.74, 6) is 0.564. The highest BCUT2D eigenvalue weighted by Gasteiger charge is 2.43. The van der Waals surface area contributed by atoms with Crippen molar-refractivity contribution in [2.24, 2.45) is 10.7 Å². The Morgan fingerprint density at radius 3 is 2.73 bits per heavy atom. The fourth-order valence-corrected chi connectivity index (χ4v) is 4.82. The van der Waals surface area contributed by atoms with Crippen LogP contribution < -0.4 is 10.5 Å². The van der Waals surface area contributed by atoms with Crippen molar-refractivity contribution in [2.45, 2.75) is 39.7 Å². The van der Waals surface area contributed by atoms with Crippen LogP contribution in [0.15, 0.2) is 49.7 Å². The van der Waals surface area contributed by atoms with E-state index in [2.05, 4.69) is 27.0 Å². The molecule has 1 atom stereocenters. The molecule has 0 radical (unpaired) electrons. The lowest BCUT2D eigenvalue weighted by Gasteiger charge is -2.35. The molecule has 7 nitrogen and oxygen atoms in total. The van der Waals surface area contributed by atoms with Gasteiger partial charge in [0.2, 0.25) is 0 Å². The first-order chi connectivity index (χ1) is 14.5. The van der Waals surface area contributed by atoms with E-state index in [0.717, 1.165) is 16.5 Å². The third-order valence-corrected chi connectivity index (χ3v) is 6.21. The molecular weight excluding hydrogens is 468 g/mol. The minimum atomic E-state index is -0.552. The largest absolute Gasteiger partial charge is 0.493 e. The van der Waals surface area contributed by atoms with Gasteiger partial charge in [-0.3, -0.25) is 4.90 Å². The lowest BCUT2D eigenvalue weighted by molar-refractivity contribution is -0.139. The third kappa shape index (κ3) is 4.07. The van der Waals surface area contributed by atoms with Gasteiger partial charge >= 0.3 is 5.97 Å². The van der Waals surface area contributed by atoms with Crippen molar-refractivity contribution < 1.29 is 14.3 Å². The Kier molecular flexibility index (Phi) is 7.10. The van der Waals surface area contributed by atoms with Crippen LogP contribution in [0.1, 0.15) is 45.2 Å². The number of allylic oxidation sites excluding steroid dienone is 2. The van der Waals surface area contributed by atoms with Crippen LogP contribution in [0, 0.1) is 11.3 Å². The fourth-order valence-electron chi connectivity index (χ4n) is 3.42. The maximum atomic E-state index is 13.0. The summed E-state index contributed by atoms with van der Waals surface area (Å²) in [6.45, 7) is 6.50. The van der Waals surface area contributed by atoms with E-state index in [1.165, 1.54) is 11.8 Å². The second-order valence-electron chi connectivity index (χ2n) is 6.55. The number of carbonyl (C=O) groups is 1. The SMILES string of the molecule is CCCC1=C(C(=O)OCC)[C@H](c2ccc(OCC)c(Br)c2)N2C(=N1)SC(C#N)=C2N. The Bertz CT molecular complexity index is 996. The average Bonchev–Trinajstić information content (AvgIpc) is 3.04. The highest BCUT2D eigenvalue weighted by Crippen LogP contribution is 2.47. The van der Waals surface area contributed by atoms with Gasteiger partial charge in [-0.05, 0) is 65.7 Å². The number of amidine groups is 1. The number of benzene rings is 1. The standard InChI is InChI=1S/C21H23BrN4O3S/c1-4-7-14-17(20(27)29-6-3)18(12-8-9-15(28-5-2)13(22)10-12)26-19(24)16(11-23)30-21(26)25-14/h8-10,18H,4-7,24H2,1-3H3/t18-/m0/s1. The highest BCUT2D eigenvalue weighted by atomic mass is 79.9. The van der Waals surface area contributed by atoms with Crippen LogP contribution in [0.5, 0.6) is 5.75 Å². The number of ether oxygens (including phenoxy) is 2. The molecule has 158 valence electrons. The molecule has 3 rings (SSSR count). The number of esters is 1. The summed E-state index contributed by atoms with van der Waals surface area (Å²) in [4.78, 5) is 19.8. The van der Waals surface area contributed by atoms with Gasteiger partial charge in [0, 0.05) is 0 Å². The van der Waals surface area contributed by atoms with Gasteiger partial charge in [0.25, 0.3) is 0 Å². The fraction of sp³-hybridized carbons (Fsp3) is 0.381. The van der Waals surface area contributed by atoms with Crippen molar-refractivity contribution >= 4 is 38.8 Å². The number of nitrogens with zero attached hydrogens (tertiary/aromatic N) is 3. The van der Waals surface area contributed by atoms with E-state index in [0.29, 0.717) is 40.1 Å². The van der Waals surface area contributed by atoms with Crippen molar-refractivity contribution in [3.8, 4) is 11.8 Å². The van der Waals surface area contributed by atoms with E-state index in [1.54, 1.807) is 11.8 Å². The number of rotatable bonds is 7. The molecule has 0 saturated carbocycles. The normalized spacial score (nSPS) is 18.2. The van der Waals surface area contributed by atoms with E-state index >= 15 is 0 Å². The van der Waals surface area contributed by atoms with Crippen LogP contribution in [0.25, 0.3) is 0 Å². The quantitative estimate of drug-likeness (QED) is 0.558. The maximum absolute atomic E-state index is 13.0. The van der Waals surface area contributed by atoms with Crippen LogP contribution in [0.2, 0.25) is 0 Å². The third-order valence-electron chi connectivity index (χ3n) is 4.62. The van der Waals surface area contributed by atoms with Crippen LogP contribution in [-0.4, -0.2) is 29.3 Å². The summed E-state index contributed by atoms with van der Waals surface area (Å²) < 4.78 is 11.8. The van der Waals surface area contributed by atoms with Crippen molar-refractivity contribution in [1.82, 2.24) is 4.90 Å². The molecule has 2 aliphatic heterocycles. The zero-order chi connectivity index (χ0) is 21.8. The lowest BCUT2D eigenvalue weighted by Crippen LogP contribution is -2.39. The van der Waals surface area contributed by atoms with Crippen LogP contribution in [0.3, 0.4) is 0 Å². The van der Waals surface area contributed by atoms with Gasteiger partial charge in [0.15, 0.2) is 5.17 Å². The molecular formula is C21H23BrN4O3S. The van der Waals surface area contributed by atoms with Crippen molar-refractivity contribution in [3.05, 3.63) is 50.2 Å². The molecule has 0 fully saturated rings. The topological polar surface area (TPSA) is 101 Å². The molecule has 2 heterocycles. The van der Waals surface area contributed by atoms with E-state index in [4.69, 9.17) is 15.2 Å². The first-order valence-electron chi connectivity index (χ1n) is 9.74. The highest BCUT2D eigenvalue weighted by molar-refractivity contribution is 9.10. The molecule has 0 saturated heterocycles. The predicted molar refractivity (Wildman–Crippen MR) is 120 cm³/mol. The second-order valence-corrected chi connectivity index (χ2v) is 8.38. The van der Waals surface area contributed by atoms with Crippen LogP contribution in [-0.2, 0) is 9.53 Å². The number of hydrogen-bond donors (Lipinski definition) is 1. The van der Waals surface area contributed by atoms with E-state index in [9.17, 15) is 10.1 Å². The first-order valence-corrected chi connectivity index (χ1v) is 11.4. The van der Waals surface area contributed by atoms with Crippen molar-refractivity contribution in [1.29, 1.82) is 5.26 Å². The van der Waals surface area contributed by atoms with Gasteiger partial charge in [0.05, 0.1) is 35.0 Å². The van der Waals surface area contributed by atoms with Crippen LogP contribution in [0.4, 0.5) is 0 Å². The Balaban J connectivity index is 2.21. The van der Waals surface area contributed by atoms with Crippen molar-refractivity contribution in [3.63, 3.8) is 0 Å². The van der Waals surface area contributed by atoms with Gasteiger partial charge in [-0.15, -0.1) is 0 Å². The first kappa shape index (κ1) is 22.2. The zero-order valence-corrected chi connectivity index (χ0v) is 19.5. The van der Waals surface area contributed by atoms with E-state index in [-0.39, 0.29) is 12.4 Å². The molecule has 9 heteroatoms. The molecule has 1 aromatic rings. The second kappa shape index (κ2) is 9.58. The number of carbonyl (C=O) groups excluding carboxylic acids is 1. The smallest absolute Gasteiger partial charge is 0.338 e. The number of halogens is 1. The Morgan fingerprint density at radius 1 is 1.37 bits per heavy atom. The average molecular weight is 491 g/mol. The summed E-state index contributed by atoms with van der Waals surface area (Å²) in [5.41, 5.74) is 8.24. The van der Waals surface area contributed by atoms with Gasteiger partial charge in [0.1, 0.15) is 22.5 Å². The molecule has 0 bridgehead atoms. The number of thioether (sulfide) groups is 1. The van der Waals surface area contributed by atoms with E-state index in [1.807, 2.05) is 32.0 Å². The Hall–Kier alpha value is -2.44. The summed E-state index contributed by atoms with van der Waals surface area (Å²) in [6, 6.07) is 7.23. The molecule has 1 aromatic carbocycles. The molecule has 30 heavy (non-hydrogen) atoms. The number of aliphatic imine (C=N–C) groups is 1. The van der Waals surface area contributed by atoms with Gasteiger partial charge < -0.3 is 15.2 Å². The van der Waals surface area contributed by atoms with E-state index < -0.39 is 12.0 Å². The molecule has 0 aromatic heterocycles. The molecule has 2 N–H and O–H groups in total. The zero-order valence-electron chi connectivity index (χ0n) is 17.1. The summed E-state index contributed by atoms with van der Waals surface area (Å²) >= 11 is 4.77. The Labute approximate surface area is 188 Å².